The zero-order valence-electron chi connectivity index (χ0n) is 10.8. The summed E-state index contributed by atoms with van der Waals surface area (Å²) < 4.78 is 5.57. The van der Waals surface area contributed by atoms with Crippen molar-refractivity contribution in [3.8, 4) is 5.88 Å². The number of benzene rings is 1. The van der Waals surface area contributed by atoms with Crippen molar-refractivity contribution < 1.29 is 4.74 Å². The van der Waals surface area contributed by atoms with Crippen LogP contribution in [0.3, 0.4) is 0 Å². The number of halogens is 1. The third-order valence-corrected chi connectivity index (χ3v) is 3.44. The first-order chi connectivity index (χ1) is 9.04. The molecule has 2 N–H and O–H groups in total. The van der Waals surface area contributed by atoms with Crippen LogP contribution >= 0.6 is 23.4 Å². The highest BCUT2D eigenvalue weighted by Gasteiger charge is 2.07. The van der Waals surface area contributed by atoms with Crippen LogP contribution in [0.5, 0.6) is 5.88 Å². The second-order valence-corrected chi connectivity index (χ2v) is 5.80. The fraction of sp³-hybridized carbons (Fsp3) is 0.214. The highest BCUT2D eigenvalue weighted by Crippen LogP contribution is 2.30. The van der Waals surface area contributed by atoms with Gasteiger partial charge in [-0.3, -0.25) is 0 Å². The smallest absolute Gasteiger partial charge is 0.238 e. The molecule has 1 aromatic heterocycles. The molecule has 5 heteroatoms. The van der Waals surface area contributed by atoms with Gasteiger partial charge in [-0.25, -0.2) is 4.98 Å². The lowest BCUT2D eigenvalue weighted by Crippen LogP contribution is -2.09. The Hall–Kier alpha value is -1.39. The SMILES string of the molecule is CC(C)Oc1nc(Sc2ccc(Cl)cc2)ccc1N. The Bertz CT molecular complexity index is 558. The average Bonchev–Trinajstić information content (AvgIpc) is 2.36. The second kappa shape index (κ2) is 6.17. The largest absolute Gasteiger partial charge is 0.473 e. The van der Waals surface area contributed by atoms with Gasteiger partial charge in [0.1, 0.15) is 5.03 Å². The fourth-order valence-electron chi connectivity index (χ4n) is 1.43. The number of pyridine rings is 1. The molecule has 2 rings (SSSR count). The topological polar surface area (TPSA) is 48.1 Å². The number of ether oxygens (including phenoxy) is 1. The first-order valence-corrected chi connectivity index (χ1v) is 7.10. The van der Waals surface area contributed by atoms with Crippen molar-refractivity contribution in [2.45, 2.75) is 29.9 Å². The molecule has 0 fully saturated rings. The molecular formula is C14H15ClN2OS. The van der Waals surface area contributed by atoms with Gasteiger partial charge in [0.05, 0.1) is 11.8 Å². The van der Waals surface area contributed by atoms with Crippen molar-refractivity contribution in [2.24, 2.45) is 0 Å². The number of rotatable bonds is 4. The second-order valence-electron chi connectivity index (χ2n) is 4.27. The number of hydrogen-bond donors (Lipinski definition) is 1. The van der Waals surface area contributed by atoms with Crippen molar-refractivity contribution in [3.63, 3.8) is 0 Å². The first kappa shape index (κ1) is 14.0. The van der Waals surface area contributed by atoms with Gasteiger partial charge in [-0.15, -0.1) is 0 Å². The molecule has 3 nitrogen and oxygen atoms in total. The summed E-state index contributed by atoms with van der Waals surface area (Å²) in [5.41, 5.74) is 6.39. The Morgan fingerprint density at radius 2 is 1.84 bits per heavy atom. The summed E-state index contributed by atoms with van der Waals surface area (Å²) in [7, 11) is 0. The van der Waals surface area contributed by atoms with Gasteiger partial charge < -0.3 is 10.5 Å². The van der Waals surface area contributed by atoms with E-state index in [9.17, 15) is 0 Å². The molecule has 2 aromatic rings. The molecule has 0 bridgehead atoms. The molecule has 0 aliphatic carbocycles. The summed E-state index contributed by atoms with van der Waals surface area (Å²) in [6.07, 6.45) is 0.0468. The number of anilines is 1. The average molecular weight is 295 g/mol. The Labute approximate surface area is 122 Å². The van der Waals surface area contributed by atoms with Gasteiger partial charge in [0.25, 0.3) is 0 Å². The van der Waals surface area contributed by atoms with Gasteiger partial charge in [-0.05, 0) is 50.2 Å². The Morgan fingerprint density at radius 3 is 2.47 bits per heavy atom. The number of hydrogen-bond acceptors (Lipinski definition) is 4. The van der Waals surface area contributed by atoms with Gasteiger partial charge in [0.15, 0.2) is 0 Å². The van der Waals surface area contributed by atoms with Gasteiger partial charge in [-0.1, -0.05) is 23.4 Å². The van der Waals surface area contributed by atoms with Crippen LogP contribution in [0, 0.1) is 0 Å². The van der Waals surface area contributed by atoms with Crippen molar-refractivity contribution in [3.05, 3.63) is 41.4 Å². The third-order valence-electron chi connectivity index (χ3n) is 2.25. The molecule has 0 saturated heterocycles. The third kappa shape index (κ3) is 4.04. The Balaban J connectivity index is 2.18. The van der Waals surface area contributed by atoms with Crippen LogP contribution in [-0.2, 0) is 0 Å². The molecule has 100 valence electrons. The van der Waals surface area contributed by atoms with E-state index in [0.29, 0.717) is 11.6 Å². The van der Waals surface area contributed by atoms with Crippen molar-refractivity contribution in [1.29, 1.82) is 0 Å². The number of nitrogens with zero attached hydrogens (tertiary/aromatic N) is 1. The first-order valence-electron chi connectivity index (χ1n) is 5.91. The lowest BCUT2D eigenvalue weighted by molar-refractivity contribution is 0.232. The summed E-state index contributed by atoms with van der Waals surface area (Å²) in [5.74, 6) is 0.481. The zero-order valence-corrected chi connectivity index (χ0v) is 12.3. The van der Waals surface area contributed by atoms with Gasteiger partial charge in [0.2, 0.25) is 5.88 Å². The van der Waals surface area contributed by atoms with E-state index >= 15 is 0 Å². The minimum absolute atomic E-state index is 0.0468. The molecular weight excluding hydrogens is 280 g/mol. The van der Waals surface area contributed by atoms with Crippen LogP contribution in [-0.4, -0.2) is 11.1 Å². The highest BCUT2D eigenvalue weighted by molar-refractivity contribution is 7.99. The Morgan fingerprint density at radius 1 is 1.16 bits per heavy atom. The molecule has 0 aliphatic heterocycles. The highest BCUT2D eigenvalue weighted by atomic mass is 35.5. The molecule has 19 heavy (non-hydrogen) atoms. The quantitative estimate of drug-likeness (QED) is 0.915. The maximum absolute atomic E-state index is 5.86. The molecule has 0 saturated carbocycles. The lowest BCUT2D eigenvalue weighted by atomic mass is 10.4. The van der Waals surface area contributed by atoms with Gasteiger partial charge in [0, 0.05) is 9.92 Å². The minimum Gasteiger partial charge on any atom is -0.473 e. The van der Waals surface area contributed by atoms with Gasteiger partial charge >= 0.3 is 0 Å². The van der Waals surface area contributed by atoms with E-state index in [-0.39, 0.29) is 6.10 Å². The summed E-state index contributed by atoms with van der Waals surface area (Å²) in [6.45, 7) is 3.89. The fourth-order valence-corrected chi connectivity index (χ4v) is 2.34. The van der Waals surface area contributed by atoms with Crippen LogP contribution in [0.2, 0.25) is 5.02 Å². The maximum Gasteiger partial charge on any atom is 0.238 e. The molecule has 0 aliphatic rings. The van der Waals surface area contributed by atoms with Gasteiger partial charge in [-0.2, -0.15) is 0 Å². The lowest BCUT2D eigenvalue weighted by Gasteiger charge is -2.11. The summed E-state index contributed by atoms with van der Waals surface area (Å²) in [4.78, 5) is 5.48. The van der Waals surface area contributed by atoms with E-state index in [1.165, 1.54) is 0 Å². The van der Waals surface area contributed by atoms with Crippen LogP contribution in [0.1, 0.15) is 13.8 Å². The van der Waals surface area contributed by atoms with Crippen LogP contribution in [0.4, 0.5) is 5.69 Å². The molecule has 0 unspecified atom stereocenters. The number of aromatic nitrogens is 1. The van der Waals surface area contributed by atoms with Crippen LogP contribution in [0.25, 0.3) is 0 Å². The maximum atomic E-state index is 5.86. The van der Waals surface area contributed by atoms with Crippen LogP contribution in [0.15, 0.2) is 46.3 Å². The molecule has 1 heterocycles. The molecule has 1 aromatic carbocycles. The minimum atomic E-state index is 0.0468. The molecule has 0 spiro atoms. The predicted molar refractivity (Wildman–Crippen MR) is 80.0 cm³/mol. The van der Waals surface area contributed by atoms with E-state index in [1.54, 1.807) is 11.8 Å². The molecule has 0 radical (unpaired) electrons. The summed E-state index contributed by atoms with van der Waals surface area (Å²) >= 11 is 7.40. The van der Waals surface area contributed by atoms with E-state index in [4.69, 9.17) is 22.1 Å². The van der Waals surface area contributed by atoms with E-state index in [1.807, 2.05) is 50.2 Å². The Kier molecular flexibility index (Phi) is 4.56. The standard InChI is InChI=1S/C14H15ClN2OS/c1-9(2)18-14-12(16)7-8-13(17-14)19-11-5-3-10(15)4-6-11/h3-9H,16H2,1-2H3. The summed E-state index contributed by atoms with van der Waals surface area (Å²) in [5, 5.41) is 1.56. The van der Waals surface area contributed by atoms with E-state index < -0.39 is 0 Å². The number of nitrogen functional groups attached to an aromatic ring is 1. The molecule has 0 amide bonds. The van der Waals surface area contributed by atoms with Crippen molar-refractivity contribution in [1.82, 2.24) is 4.98 Å². The van der Waals surface area contributed by atoms with Crippen molar-refractivity contribution >= 4 is 29.1 Å². The predicted octanol–water partition coefficient (Wildman–Crippen LogP) is 4.26. The zero-order chi connectivity index (χ0) is 13.8. The van der Waals surface area contributed by atoms with Crippen molar-refractivity contribution in [2.75, 3.05) is 5.73 Å². The summed E-state index contributed by atoms with van der Waals surface area (Å²) in [6, 6.07) is 11.3. The van der Waals surface area contributed by atoms with Crippen LogP contribution < -0.4 is 10.5 Å². The number of nitrogens with two attached hydrogens (primary N) is 1. The molecule has 0 atom stereocenters. The normalized spacial score (nSPS) is 10.7. The van der Waals surface area contributed by atoms with E-state index in [0.717, 1.165) is 14.9 Å². The monoisotopic (exact) mass is 294 g/mol. The van der Waals surface area contributed by atoms with E-state index in [2.05, 4.69) is 4.98 Å².